The lowest BCUT2D eigenvalue weighted by Gasteiger charge is -2.33. The summed E-state index contributed by atoms with van der Waals surface area (Å²) < 4.78 is 30.7. The van der Waals surface area contributed by atoms with Crippen molar-refractivity contribution in [3.8, 4) is 0 Å². The van der Waals surface area contributed by atoms with Crippen molar-refractivity contribution in [3.63, 3.8) is 0 Å². The maximum absolute atomic E-state index is 13.1. The summed E-state index contributed by atoms with van der Waals surface area (Å²) in [5.74, 6) is -0.159. The minimum Gasteiger partial charge on any atom is -0.337 e. The molecule has 2 heterocycles. The van der Waals surface area contributed by atoms with Crippen molar-refractivity contribution in [2.45, 2.75) is 25.3 Å². The fraction of sp³-hybridized carbons (Fsp3) is 0.280. The predicted molar refractivity (Wildman–Crippen MR) is 148 cm³/mol. The quantitative estimate of drug-likeness (QED) is 0.339. The minimum atomic E-state index is -3.68. The van der Waals surface area contributed by atoms with E-state index in [0.717, 1.165) is 22.5 Å². The van der Waals surface area contributed by atoms with Crippen molar-refractivity contribution in [1.82, 2.24) is 19.0 Å². The van der Waals surface area contributed by atoms with Gasteiger partial charge in [-0.15, -0.1) is 0 Å². The number of aromatic nitrogens is 2. The summed E-state index contributed by atoms with van der Waals surface area (Å²) in [6.07, 6.45) is 3.32. The second-order valence-corrected chi connectivity index (χ2v) is 12.6. The first-order valence-electron chi connectivity index (χ1n) is 11.3. The van der Waals surface area contributed by atoms with Gasteiger partial charge in [0.15, 0.2) is 0 Å². The van der Waals surface area contributed by atoms with Gasteiger partial charge < -0.3 is 4.90 Å². The summed E-state index contributed by atoms with van der Waals surface area (Å²) in [4.78, 5) is 14.7. The third-order valence-corrected chi connectivity index (χ3v) is 9.92. The second kappa shape index (κ2) is 11.2. The lowest BCUT2D eigenvalue weighted by atomic mass is 10.1. The standard InChI is InChI=1S/C25H25Br2ClN4O3S/c1-17-21(18(2)32(29-17)16-19-5-3-4-6-23(19)28)8-10-25(33)30-11-13-31(14-12-30)36(34,35)24-15-20(26)7-9-22(24)27/h3-10,15H,11-14,16H2,1-2H3/b10-8+. The van der Waals surface area contributed by atoms with Gasteiger partial charge in [-0.25, -0.2) is 8.42 Å². The Morgan fingerprint density at radius 3 is 2.47 bits per heavy atom. The van der Waals surface area contributed by atoms with Crippen LogP contribution in [0.1, 0.15) is 22.5 Å². The molecule has 0 atom stereocenters. The van der Waals surface area contributed by atoms with Crippen molar-refractivity contribution >= 4 is 65.5 Å². The molecule has 1 aliphatic heterocycles. The molecule has 0 unspecified atom stereocenters. The Morgan fingerprint density at radius 1 is 1.08 bits per heavy atom. The molecule has 36 heavy (non-hydrogen) atoms. The van der Waals surface area contributed by atoms with Crippen LogP contribution >= 0.6 is 43.5 Å². The zero-order valence-corrected chi connectivity index (χ0v) is 24.5. The molecule has 1 fully saturated rings. The minimum absolute atomic E-state index is 0.159. The van der Waals surface area contributed by atoms with E-state index in [4.69, 9.17) is 11.6 Å². The Kier molecular flexibility index (Phi) is 8.41. The van der Waals surface area contributed by atoms with Crippen LogP contribution in [0.5, 0.6) is 0 Å². The fourth-order valence-electron chi connectivity index (χ4n) is 4.12. The first-order chi connectivity index (χ1) is 17.1. The topological polar surface area (TPSA) is 75.5 Å². The number of piperazine rings is 1. The molecule has 7 nitrogen and oxygen atoms in total. The Bertz CT molecular complexity index is 1430. The van der Waals surface area contributed by atoms with Crippen LogP contribution in [0.2, 0.25) is 5.02 Å². The number of aryl methyl sites for hydroxylation is 1. The molecule has 0 aliphatic carbocycles. The Morgan fingerprint density at radius 2 is 1.78 bits per heavy atom. The third-order valence-electron chi connectivity index (χ3n) is 6.17. The van der Waals surface area contributed by atoms with Gasteiger partial charge in [0, 0.05) is 57.5 Å². The number of halogens is 3. The van der Waals surface area contributed by atoms with E-state index in [1.807, 2.05) is 42.8 Å². The number of nitrogens with zero attached hydrogens (tertiary/aromatic N) is 4. The third kappa shape index (κ3) is 5.78. The van der Waals surface area contributed by atoms with Crippen molar-refractivity contribution in [2.24, 2.45) is 0 Å². The summed E-state index contributed by atoms with van der Waals surface area (Å²) in [6, 6.07) is 12.7. The molecule has 1 aromatic heterocycles. The Labute approximate surface area is 233 Å². The van der Waals surface area contributed by atoms with Gasteiger partial charge in [0.1, 0.15) is 0 Å². The molecule has 0 radical (unpaired) electrons. The van der Waals surface area contributed by atoms with Crippen LogP contribution in [-0.2, 0) is 21.4 Å². The molecular weight excluding hydrogens is 632 g/mol. The Hall–Kier alpha value is -1.98. The number of carbonyl (C=O) groups excluding carboxylic acids is 1. The largest absolute Gasteiger partial charge is 0.337 e. The number of hydrogen-bond acceptors (Lipinski definition) is 4. The number of hydrogen-bond donors (Lipinski definition) is 0. The van der Waals surface area contributed by atoms with Gasteiger partial charge in [-0.3, -0.25) is 9.48 Å². The van der Waals surface area contributed by atoms with E-state index in [1.165, 1.54) is 10.4 Å². The molecule has 1 aliphatic rings. The van der Waals surface area contributed by atoms with Crippen LogP contribution in [0.25, 0.3) is 6.08 Å². The molecule has 0 bridgehead atoms. The number of sulfonamides is 1. The highest BCUT2D eigenvalue weighted by atomic mass is 79.9. The van der Waals surface area contributed by atoms with Crippen molar-refractivity contribution in [1.29, 1.82) is 0 Å². The van der Waals surface area contributed by atoms with Gasteiger partial charge in [-0.2, -0.15) is 9.40 Å². The molecule has 11 heteroatoms. The van der Waals surface area contributed by atoms with Crippen LogP contribution in [0.3, 0.4) is 0 Å². The monoisotopic (exact) mass is 654 g/mol. The van der Waals surface area contributed by atoms with Crippen LogP contribution in [0.15, 0.2) is 62.4 Å². The molecule has 190 valence electrons. The summed E-state index contributed by atoms with van der Waals surface area (Å²) in [7, 11) is -3.68. The fourth-order valence-corrected chi connectivity index (χ4v) is 7.20. The molecule has 1 saturated heterocycles. The normalized spacial score (nSPS) is 15.1. The molecule has 0 saturated carbocycles. The molecule has 0 N–H and O–H groups in total. The zero-order valence-electron chi connectivity index (χ0n) is 19.8. The molecule has 1 amide bonds. The molecule has 0 spiro atoms. The van der Waals surface area contributed by atoms with Crippen LogP contribution in [0.4, 0.5) is 0 Å². The van der Waals surface area contributed by atoms with Crippen LogP contribution < -0.4 is 0 Å². The highest BCUT2D eigenvalue weighted by Crippen LogP contribution is 2.29. The lowest BCUT2D eigenvalue weighted by molar-refractivity contribution is -0.127. The van der Waals surface area contributed by atoms with E-state index in [2.05, 4.69) is 37.0 Å². The van der Waals surface area contributed by atoms with E-state index in [-0.39, 0.29) is 23.9 Å². The van der Waals surface area contributed by atoms with Crippen LogP contribution in [-0.4, -0.2) is 59.5 Å². The van der Waals surface area contributed by atoms with E-state index in [0.29, 0.717) is 33.6 Å². The zero-order chi connectivity index (χ0) is 26.0. The van der Waals surface area contributed by atoms with Gasteiger partial charge >= 0.3 is 0 Å². The van der Waals surface area contributed by atoms with Crippen molar-refractivity contribution in [3.05, 3.63) is 85.0 Å². The van der Waals surface area contributed by atoms with E-state index >= 15 is 0 Å². The number of rotatable bonds is 6. The number of carbonyl (C=O) groups is 1. The first kappa shape index (κ1) is 27.1. The van der Waals surface area contributed by atoms with Gasteiger partial charge in [0.25, 0.3) is 0 Å². The van der Waals surface area contributed by atoms with E-state index < -0.39 is 10.0 Å². The predicted octanol–water partition coefficient (Wildman–Crippen LogP) is 5.27. The van der Waals surface area contributed by atoms with Gasteiger partial charge in [0.05, 0.1) is 17.1 Å². The summed E-state index contributed by atoms with van der Waals surface area (Å²) in [6.45, 7) is 5.51. The average molecular weight is 657 g/mol. The summed E-state index contributed by atoms with van der Waals surface area (Å²) in [5, 5.41) is 5.30. The highest BCUT2D eigenvalue weighted by molar-refractivity contribution is 9.11. The Balaban J connectivity index is 1.41. The lowest BCUT2D eigenvalue weighted by Crippen LogP contribution is -2.50. The van der Waals surface area contributed by atoms with Gasteiger partial charge in [-0.1, -0.05) is 45.7 Å². The molecule has 3 aromatic rings. The number of amides is 1. The van der Waals surface area contributed by atoms with Crippen molar-refractivity contribution in [2.75, 3.05) is 26.2 Å². The summed E-state index contributed by atoms with van der Waals surface area (Å²) in [5.41, 5.74) is 3.61. The maximum Gasteiger partial charge on any atom is 0.246 e. The molecular formula is C25H25Br2ClN4O3S. The van der Waals surface area contributed by atoms with E-state index in [9.17, 15) is 13.2 Å². The highest BCUT2D eigenvalue weighted by Gasteiger charge is 2.31. The van der Waals surface area contributed by atoms with E-state index in [1.54, 1.807) is 29.2 Å². The first-order valence-corrected chi connectivity index (χ1v) is 14.7. The van der Waals surface area contributed by atoms with Gasteiger partial charge in [-0.05, 0) is 65.7 Å². The molecule has 4 rings (SSSR count). The SMILES string of the molecule is Cc1nn(Cc2ccccc2Cl)c(C)c1/C=C/C(=O)N1CCN(S(=O)(=O)c2cc(Br)ccc2Br)CC1. The maximum atomic E-state index is 13.1. The molecule has 2 aromatic carbocycles. The number of benzene rings is 2. The average Bonchev–Trinajstić information content (AvgIpc) is 3.12. The van der Waals surface area contributed by atoms with Crippen LogP contribution in [0, 0.1) is 13.8 Å². The van der Waals surface area contributed by atoms with Gasteiger partial charge in [0.2, 0.25) is 15.9 Å². The van der Waals surface area contributed by atoms with Crippen molar-refractivity contribution < 1.29 is 13.2 Å². The smallest absolute Gasteiger partial charge is 0.246 e. The summed E-state index contributed by atoms with van der Waals surface area (Å²) >= 11 is 13.0. The second-order valence-electron chi connectivity index (χ2n) is 8.47.